The fourth-order valence-electron chi connectivity index (χ4n) is 5.28. The van der Waals surface area contributed by atoms with Crippen molar-refractivity contribution >= 4 is 47.2 Å². The number of aliphatic imine (C=N–C) groups is 1. The standard InChI is InChI=1S/C31H42N10O8.C2H4O2/c32-22(15-18-7-11-21(42)12-8-18)28(45)39-23(3-1-13-36-31(34)35)29(46)37-17-26(43)38-24(16-19-5-9-20(10-6-19)41(48)49)30(47)40-14-2-4-25(40)27(33)44;1-2(3)4/h5-12,22-25,42H,1-4,13-17,32H2,(H2,33,44)(H,37,46)(H,38,43)(H,39,45)(H4,34,35,36);1H3,(H,3,4)/t22-,23+,24-,25-;/m0./s1. The maximum absolute atomic E-state index is 13.6. The molecule has 0 radical (unpaired) electrons. The number of carbonyl (C=O) groups excluding carboxylic acids is 5. The lowest BCUT2D eigenvalue weighted by atomic mass is 10.0. The third-order valence-corrected chi connectivity index (χ3v) is 7.81. The number of carbonyl (C=O) groups is 6. The number of guanidine groups is 1. The molecule has 1 aliphatic rings. The Kier molecular flexibility index (Phi) is 17.1. The highest BCUT2D eigenvalue weighted by Crippen LogP contribution is 2.20. The van der Waals surface area contributed by atoms with Gasteiger partial charge in [0.05, 0.1) is 17.5 Å². The summed E-state index contributed by atoms with van der Waals surface area (Å²) >= 11 is 0. The van der Waals surface area contributed by atoms with Gasteiger partial charge in [-0.05, 0) is 55.4 Å². The Morgan fingerprint density at radius 1 is 0.943 bits per heavy atom. The molecule has 4 atom stereocenters. The third kappa shape index (κ3) is 15.2. The van der Waals surface area contributed by atoms with E-state index in [1.807, 2.05) is 0 Å². The van der Waals surface area contributed by atoms with Crippen LogP contribution in [0.4, 0.5) is 5.69 Å². The van der Waals surface area contributed by atoms with Gasteiger partial charge in [0.1, 0.15) is 23.9 Å². The molecule has 5 amide bonds. The second-order valence-electron chi connectivity index (χ2n) is 12.1. The van der Waals surface area contributed by atoms with Crippen LogP contribution in [0.15, 0.2) is 53.5 Å². The number of nitrogens with one attached hydrogen (secondary N) is 3. The van der Waals surface area contributed by atoms with Crippen molar-refractivity contribution in [2.45, 2.75) is 69.6 Å². The number of hydrogen-bond acceptors (Lipinski definition) is 11. The van der Waals surface area contributed by atoms with E-state index >= 15 is 0 Å². The van der Waals surface area contributed by atoms with E-state index in [1.165, 1.54) is 41.3 Å². The minimum atomic E-state index is -1.20. The number of nitrogens with two attached hydrogens (primary N) is 4. The van der Waals surface area contributed by atoms with Gasteiger partial charge in [-0.15, -0.1) is 0 Å². The maximum Gasteiger partial charge on any atom is 0.300 e. The van der Waals surface area contributed by atoms with Crippen LogP contribution in [0.2, 0.25) is 0 Å². The van der Waals surface area contributed by atoms with E-state index in [-0.39, 0.29) is 49.7 Å². The molecule has 0 unspecified atom stereocenters. The van der Waals surface area contributed by atoms with Crippen molar-refractivity contribution in [1.29, 1.82) is 0 Å². The second-order valence-corrected chi connectivity index (χ2v) is 12.1. The maximum atomic E-state index is 13.6. The number of likely N-dealkylation sites (tertiary alicyclic amines) is 1. The number of phenols is 1. The van der Waals surface area contributed by atoms with Crippen molar-refractivity contribution in [3.63, 3.8) is 0 Å². The number of aromatic hydroxyl groups is 1. The van der Waals surface area contributed by atoms with Gasteiger partial charge in [-0.1, -0.05) is 24.3 Å². The molecule has 1 heterocycles. The van der Waals surface area contributed by atoms with E-state index in [0.717, 1.165) is 6.92 Å². The number of primary amides is 1. The van der Waals surface area contributed by atoms with E-state index in [0.29, 0.717) is 30.4 Å². The van der Waals surface area contributed by atoms with E-state index in [1.54, 1.807) is 12.1 Å². The number of benzene rings is 2. The number of rotatable bonds is 17. The Morgan fingerprint density at radius 3 is 2.09 bits per heavy atom. The number of aliphatic carboxylic acids is 1. The minimum Gasteiger partial charge on any atom is -0.508 e. The van der Waals surface area contributed by atoms with Crippen molar-refractivity contribution in [2.24, 2.45) is 27.9 Å². The lowest BCUT2D eigenvalue weighted by Gasteiger charge is -2.28. The smallest absolute Gasteiger partial charge is 0.300 e. The lowest BCUT2D eigenvalue weighted by Crippen LogP contribution is -2.56. The van der Waals surface area contributed by atoms with Gasteiger partial charge in [0.2, 0.25) is 29.5 Å². The second kappa shape index (κ2) is 21.1. The monoisotopic (exact) mass is 742 g/mol. The predicted molar refractivity (Wildman–Crippen MR) is 191 cm³/mol. The fraction of sp³-hybridized carbons (Fsp3) is 0.424. The summed E-state index contributed by atoms with van der Waals surface area (Å²) in [6.45, 7) is 0.908. The van der Waals surface area contributed by atoms with Gasteiger partial charge in [0.15, 0.2) is 5.96 Å². The van der Waals surface area contributed by atoms with Crippen LogP contribution < -0.4 is 38.9 Å². The molecule has 1 fully saturated rings. The highest BCUT2D eigenvalue weighted by Gasteiger charge is 2.37. The molecule has 53 heavy (non-hydrogen) atoms. The van der Waals surface area contributed by atoms with Crippen LogP contribution in [0.25, 0.3) is 0 Å². The summed E-state index contributed by atoms with van der Waals surface area (Å²) in [6.07, 6.45) is 1.33. The summed E-state index contributed by atoms with van der Waals surface area (Å²) in [6, 6.07) is 7.33. The highest BCUT2D eigenvalue weighted by molar-refractivity contribution is 5.94. The molecule has 2 aromatic rings. The number of nitrogens with zero attached hydrogens (tertiary/aromatic N) is 3. The van der Waals surface area contributed by atoms with Crippen LogP contribution in [0, 0.1) is 10.1 Å². The molecule has 3 rings (SSSR count). The van der Waals surface area contributed by atoms with E-state index in [9.17, 15) is 39.2 Å². The normalized spacial score (nSPS) is 15.0. The van der Waals surface area contributed by atoms with Crippen LogP contribution in [0.5, 0.6) is 5.75 Å². The van der Waals surface area contributed by atoms with Gasteiger partial charge >= 0.3 is 0 Å². The summed E-state index contributed by atoms with van der Waals surface area (Å²) in [5.74, 6) is -4.29. The zero-order valence-corrected chi connectivity index (χ0v) is 29.1. The number of non-ortho nitro benzene ring substituents is 1. The molecule has 0 aromatic heterocycles. The molecule has 0 spiro atoms. The molecule has 0 saturated carbocycles. The first-order chi connectivity index (χ1) is 25.0. The molecular weight excluding hydrogens is 696 g/mol. The first-order valence-corrected chi connectivity index (χ1v) is 16.5. The summed E-state index contributed by atoms with van der Waals surface area (Å²) in [5.41, 5.74) is 23.3. The topological polar surface area (TPSA) is 342 Å². The van der Waals surface area contributed by atoms with Gasteiger partial charge < -0.3 is 54.0 Å². The summed E-state index contributed by atoms with van der Waals surface area (Å²) in [4.78, 5) is 89.4. The third-order valence-electron chi connectivity index (χ3n) is 7.81. The molecule has 13 N–H and O–H groups in total. The Balaban J connectivity index is 0.00000231. The van der Waals surface area contributed by atoms with E-state index in [2.05, 4.69) is 20.9 Å². The number of carboxylic acids is 1. The SMILES string of the molecule is CC(=O)O.NC(=O)[C@@H]1CCCN1C(=O)[C@H](Cc1ccc([N+](=O)[O-])cc1)NC(=O)CNC(=O)[C@@H](CCCN=C(N)N)NC(=O)[C@@H](N)Cc1ccc(O)cc1. The van der Waals surface area contributed by atoms with Crippen molar-refractivity contribution in [3.05, 3.63) is 69.8 Å². The molecule has 20 nitrogen and oxygen atoms in total. The first kappa shape index (κ1) is 42.9. The highest BCUT2D eigenvalue weighted by atomic mass is 16.6. The van der Waals surface area contributed by atoms with Gasteiger partial charge in [0, 0.05) is 38.6 Å². The van der Waals surface area contributed by atoms with Crippen LogP contribution in [0.1, 0.15) is 43.7 Å². The van der Waals surface area contributed by atoms with Crippen LogP contribution in [-0.4, -0.2) is 105 Å². The predicted octanol–water partition coefficient (Wildman–Crippen LogP) is -1.88. The number of carboxylic acid groups (broad SMARTS) is 1. The van der Waals surface area contributed by atoms with Gasteiger partial charge in [0.25, 0.3) is 11.7 Å². The number of hydrogen-bond donors (Lipinski definition) is 9. The van der Waals surface area contributed by atoms with E-state index in [4.69, 9.17) is 32.8 Å². The van der Waals surface area contributed by atoms with Crippen molar-refractivity contribution in [1.82, 2.24) is 20.9 Å². The molecule has 288 valence electrons. The fourth-order valence-corrected chi connectivity index (χ4v) is 5.28. The van der Waals surface area contributed by atoms with Gasteiger partial charge in [-0.3, -0.25) is 43.9 Å². The molecule has 0 bridgehead atoms. The minimum absolute atomic E-state index is 0.0521. The number of nitro groups is 1. The molecule has 0 aliphatic carbocycles. The number of nitro benzene ring substituents is 1. The van der Waals surface area contributed by atoms with Crippen molar-refractivity contribution in [2.75, 3.05) is 19.6 Å². The van der Waals surface area contributed by atoms with Crippen molar-refractivity contribution < 1.29 is 43.9 Å². The summed E-state index contributed by atoms with van der Waals surface area (Å²) < 4.78 is 0. The summed E-state index contributed by atoms with van der Waals surface area (Å²) in [7, 11) is 0. The average Bonchev–Trinajstić information content (AvgIpc) is 3.59. The first-order valence-electron chi connectivity index (χ1n) is 16.5. The number of phenolic OH excluding ortho intramolecular Hbond substituents is 1. The molecular formula is C33H46N10O10. The summed E-state index contributed by atoms with van der Waals surface area (Å²) in [5, 5.41) is 35.6. The van der Waals surface area contributed by atoms with Crippen LogP contribution in [-0.2, 0) is 41.6 Å². The largest absolute Gasteiger partial charge is 0.508 e. The van der Waals surface area contributed by atoms with Gasteiger partial charge in [-0.25, -0.2) is 0 Å². The van der Waals surface area contributed by atoms with Gasteiger partial charge in [-0.2, -0.15) is 0 Å². The Labute approximate surface area is 304 Å². The molecule has 1 saturated heterocycles. The molecule has 2 aromatic carbocycles. The quantitative estimate of drug-likeness (QED) is 0.0282. The Morgan fingerprint density at radius 2 is 1.53 bits per heavy atom. The Hall–Kier alpha value is -6.31. The zero-order valence-electron chi connectivity index (χ0n) is 29.1. The molecule has 1 aliphatic heterocycles. The molecule has 20 heteroatoms. The zero-order chi connectivity index (χ0) is 39.7. The number of amides is 5. The lowest BCUT2D eigenvalue weighted by molar-refractivity contribution is -0.384. The van der Waals surface area contributed by atoms with Crippen LogP contribution in [0.3, 0.4) is 0 Å². The van der Waals surface area contributed by atoms with Crippen molar-refractivity contribution in [3.8, 4) is 5.75 Å². The Bertz CT molecular complexity index is 1630. The van der Waals surface area contributed by atoms with Crippen LogP contribution >= 0.6 is 0 Å². The average molecular weight is 743 g/mol. The van der Waals surface area contributed by atoms with E-state index < -0.39 is 71.1 Å².